The molecule has 2 aromatic rings. The van der Waals surface area contributed by atoms with Gasteiger partial charge in [-0.05, 0) is 18.6 Å². The Morgan fingerprint density at radius 1 is 1.43 bits per heavy atom. The van der Waals surface area contributed by atoms with E-state index in [1.165, 1.54) is 12.1 Å². The molecule has 2 rings (SSSR count). The lowest BCUT2D eigenvalue weighted by atomic mass is 10.2. The van der Waals surface area contributed by atoms with E-state index in [0.29, 0.717) is 9.90 Å². The van der Waals surface area contributed by atoms with Crippen LogP contribution in [0.25, 0.3) is 0 Å². The Morgan fingerprint density at radius 3 is 2.71 bits per heavy atom. The number of hydrogen-bond donors (Lipinski definition) is 0. The number of benzene rings is 1. The zero-order valence-corrected chi connectivity index (χ0v) is 13.1. The number of para-hydroxylation sites is 1. The maximum absolute atomic E-state index is 12.0. The summed E-state index contributed by atoms with van der Waals surface area (Å²) in [5.74, 6) is -0.311. The fourth-order valence-electron chi connectivity index (χ4n) is 1.71. The van der Waals surface area contributed by atoms with Crippen molar-refractivity contribution in [2.24, 2.45) is 0 Å². The maximum atomic E-state index is 12.0. The van der Waals surface area contributed by atoms with E-state index in [4.69, 9.17) is 27.9 Å². The van der Waals surface area contributed by atoms with Crippen LogP contribution in [0.3, 0.4) is 0 Å². The Hall–Kier alpha value is -1.63. The molecule has 0 saturated carbocycles. The topological polar surface area (TPSA) is 69.4 Å². The van der Waals surface area contributed by atoms with Gasteiger partial charge in [0.2, 0.25) is 11.5 Å². The lowest BCUT2D eigenvalue weighted by Crippen LogP contribution is -2.12. The molecule has 0 saturated heterocycles. The van der Waals surface area contributed by atoms with Crippen LogP contribution in [-0.4, -0.2) is 17.3 Å². The Morgan fingerprint density at radius 2 is 2.14 bits per heavy atom. The smallest absolute Gasteiger partial charge is 0.311 e. The molecule has 0 spiro atoms. The first-order chi connectivity index (χ1) is 9.90. The molecular formula is C13H9Cl2NO4S. The molecule has 0 fully saturated rings. The summed E-state index contributed by atoms with van der Waals surface area (Å²) in [5, 5.41) is 10.9. The summed E-state index contributed by atoms with van der Waals surface area (Å²) in [6.07, 6.45) is 0. The van der Waals surface area contributed by atoms with Crippen molar-refractivity contribution in [2.45, 2.75) is 6.92 Å². The summed E-state index contributed by atoms with van der Waals surface area (Å²) >= 11 is 12.7. The third-order valence-corrected chi connectivity index (χ3v) is 4.18. The molecule has 0 radical (unpaired) electrons. The monoisotopic (exact) mass is 345 g/mol. The van der Waals surface area contributed by atoms with Crippen LogP contribution in [0.4, 0.5) is 5.69 Å². The number of ketones is 1. The van der Waals surface area contributed by atoms with E-state index in [9.17, 15) is 14.9 Å². The highest BCUT2D eigenvalue weighted by Crippen LogP contribution is 2.33. The van der Waals surface area contributed by atoms with E-state index in [-0.39, 0.29) is 33.7 Å². The van der Waals surface area contributed by atoms with Gasteiger partial charge in [-0.25, -0.2) is 0 Å². The van der Waals surface area contributed by atoms with Gasteiger partial charge in [0.15, 0.2) is 6.61 Å². The van der Waals surface area contributed by atoms with Crippen LogP contribution in [-0.2, 0) is 0 Å². The number of hydrogen-bond acceptors (Lipinski definition) is 5. The van der Waals surface area contributed by atoms with Gasteiger partial charge in [-0.1, -0.05) is 35.3 Å². The van der Waals surface area contributed by atoms with Crippen molar-refractivity contribution in [3.05, 3.63) is 54.2 Å². The van der Waals surface area contributed by atoms with Gasteiger partial charge in [0, 0.05) is 6.07 Å². The highest BCUT2D eigenvalue weighted by Gasteiger charge is 2.20. The van der Waals surface area contributed by atoms with Gasteiger partial charge in [-0.2, -0.15) is 0 Å². The van der Waals surface area contributed by atoms with E-state index in [0.717, 1.165) is 11.3 Å². The second-order valence-corrected chi connectivity index (χ2v) is 6.42. The SMILES string of the molecule is Cc1cccc([N+](=O)[O-])c1OCC(=O)c1cc(Cl)sc1Cl. The van der Waals surface area contributed by atoms with Gasteiger partial charge < -0.3 is 4.74 Å². The number of carbonyl (C=O) groups excluding carboxylic acids is 1. The molecule has 0 amide bonds. The van der Waals surface area contributed by atoms with Gasteiger partial charge in [-0.15, -0.1) is 11.3 Å². The Bertz CT molecular complexity index is 714. The van der Waals surface area contributed by atoms with Crippen molar-refractivity contribution < 1.29 is 14.5 Å². The number of nitro groups is 1. The van der Waals surface area contributed by atoms with Gasteiger partial charge in [0.25, 0.3) is 0 Å². The first-order valence-corrected chi connectivity index (χ1v) is 7.32. The van der Waals surface area contributed by atoms with Crippen LogP contribution in [0, 0.1) is 17.0 Å². The third kappa shape index (κ3) is 3.53. The number of Topliss-reactive ketones (excluding diaryl/α,β-unsaturated/α-hetero) is 1. The van der Waals surface area contributed by atoms with Crippen molar-refractivity contribution in [3.8, 4) is 5.75 Å². The van der Waals surface area contributed by atoms with Crippen molar-refractivity contribution in [3.63, 3.8) is 0 Å². The van der Waals surface area contributed by atoms with E-state index < -0.39 is 4.92 Å². The van der Waals surface area contributed by atoms with Crippen LogP contribution >= 0.6 is 34.5 Å². The first kappa shape index (κ1) is 15.8. The minimum Gasteiger partial charge on any atom is -0.478 e. The molecule has 0 N–H and O–H groups in total. The molecule has 0 aliphatic rings. The number of nitro benzene ring substituents is 1. The zero-order chi connectivity index (χ0) is 15.6. The Balaban J connectivity index is 2.19. The molecular weight excluding hydrogens is 337 g/mol. The summed E-state index contributed by atoms with van der Waals surface area (Å²) < 4.78 is 5.99. The first-order valence-electron chi connectivity index (χ1n) is 5.75. The summed E-state index contributed by atoms with van der Waals surface area (Å²) in [6.45, 7) is 1.32. The lowest BCUT2D eigenvalue weighted by Gasteiger charge is -2.08. The molecule has 0 bridgehead atoms. The summed E-state index contributed by atoms with van der Waals surface area (Å²) in [4.78, 5) is 22.4. The second-order valence-electron chi connectivity index (χ2n) is 4.13. The van der Waals surface area contributed by atoms with E-state index >= 15 is 0 Å². The molecule has 1 aromatic heterocycles. The van der Waals surface area contributed by atoms with Gasteiger partial charge >= 0.3 is 5.69 Å². The molecule has 8 heteroatoms. The molecule has 1 heterocycles. The van der Waals surface area contributed by atoms with E-state index in [1.54, 1.807) is 19.1 Å². The van der Waals surface area contributed by atoms with E-state index in [2.05, 4.69) is 0 Å². The number of aryl methyl sites for hydroxylation is 1. The quantitative estimate of drug-likeness (QED) is 0.453. The van der Waals surface area contributed by atoms with Crippen LogP contribution < -0.4 is 4.74 Å². The van der Waals surface area contributed by atoms with Crippen molar-refractivity contribution in [1.29, 1.82) is 0 Å². The fourth-order valence-corrected chi connectivity index (χ4v) is 3.21. The molecule has 0 unspecified atom stereocenters. The molecule has 21 heavy (non-hydrogen) atoms. The van der Waals surface area contributed by atoms with Crippen molar-refractivity contribution in [1.82, 2.24) is 0 Å². The van der Waals surface area contributed by atoms with Gasteiger partial charge in [-0.3, -0.25) is 14.9 Å². The molecule has 0 atom stereocenters. The minimum absolute atomic E-state index is 0.0771. The molecule has 110 valence electrons. The average Bonchev–Trinajstić information content (AvgIpc) is 2.75. The largest absolute Gasteiger partial charge is 0.478 e. The van der Waals surface area contributed by atoms with Crippen LogP contribution in [0.15, 0.2) is 24.3 Å². The third-order valence-electron chi connectivity index (χ3n) is 2.69. The lowest BCUT2D eigenvalue weighted by molar-refractivity contribution is -0.385. The summed E-state index contributed by atoms with van der Waals surface area (Å²) in [7, 11) is 0. The standard InChI is InChI=1S/C13H9Cl2NO4S/c1-7-3-2-4-9(16(18)19)12(7)20-6-10(17)8-5-11(14)21-13(8)15/h2-5H,6H2,1H3. The zero-order valence-electron chi connectivity index (χ0n) is 10.8. The maximum Gasteiger partial charge on any atom is 0.311 e. The van der Waals surface area contributed by atoms with Crippen molar-refractivity contribution in [2.75, 3.05) is 6.61 Å². The second kappa shape index (κ2) is 6.43. The molecule has 0 aliphatic heterocycles. The Labute approximate surface area is 134 Å². The van der Waals surface area contributed by atoms with Gasteiger partial charge in [0.05, 0.1) is 14.8 Å². The normalized spacial score (nSPS) is 10.4. The van der Waals surface area contributed by atoms with Crippen LogP contribution in [0.5, 0.6) is 5.75 Å². The number of rotatable bonds is 5. The number of thiophene rings is 1. The number of halogens is 2. The molecule has 1 aromatic carbocycles. The molecule has 0 aliphatic carbocycles. The number of nitrogens with zero attached hydrogens (tertiary/aromatic N) is 1. The predicted molar refractivity (Wildman–Crippen MR) is 82.0 cm³/mol. The Kier molecular flexibility index (Phi) is 4.82. The highest BCUT2D eigenvalue weighted by molar-refractivity contribution is 7.20. The summed E-state index contributed by atoms with van der Waals surface area (Å²) in [6, 6.07) is 5.99. The molecule has 5 nitrogen and oxygen atoms in total. The average molecular weight is 346 g/mol. The minimum atomic E-state index is -0.554. The summed E-state index contributed by atoms with van der Waals surface area (Å²) in [5.41, 5.74) is 0.645. The van der Waals surface area contributed by atoms with E-state index in [1.807, 2.05) is 0 Å². The number of carbonyl (C=O) groups is 1. The number of ether oxygens (including phenoxy) is 1. The van der Waals surface area contributed by atoms with Crippen LogP contribution in [0.2, 0.25) is 8.67 Å². The van der Waals surface area contributed by atoms with Gasteiger partial charge in [0.1, 0.15) is 4.34 Å². The van der Waals surface area contributed by atoms with Crippen molar-refractivity contribution >= 4 is 46.0 Å². The van der Waals surface area contributed by atoms with Crippen LogP contribution in [0.1, 0.15) is 15.9 Å². The highest BCUT2D eigenvalue weighted by atomic mass is 35.5. The predicted octanol–water partition coefficient (Wildman–Crippen LogP) is 4.53. The fraction of sp³-hybridized carbons (Fsp3) is 0.154.